The summed E-state index contributed by atoms with van der Waals surface area (Å²) in [6.07, 6.45) is 4.52. The molecule has 0 radical (unpaired) electrons. The van der Waals surface area contributed by atoms with E-state index in [0.717, 1.165) is 43.6 Å². The van der Waals surface area contributed by atoms with E-state index in [0.29, 0.717) is 11.7 Å². The minimum Gasteiger partial charge on any atom is -0.423 e. The first kappa shape index (κ1) is 12.0. The number of hydrogen-bond acceptors (Lipinski definition) is 5. The van der Waals surface area contributed by atoms with Gasteiger partial charge in [0.25, 0.3) is 6.01 Å². The highest BCUT2D eigenvalue weighted by molar-refractivity contribution is 5.78. The van der Waals surface area contributed by atoms with Gasteiger partial charge in [-0.05, 0) is 43.9 Å². The number of ether oxygens (including phenoxy) is 1. The summed E-state index contributed by atoms with van der Waals surface area (Å²) in [5, 5.41) is 0. The molecule has 0 aliphatic carbocycles. The monoisotopic (exact) mass is 273 g/mol. The summed E-state index contributed by atoms with van der Waals surface area (Å²) in [6.45, 7) is 2.81. The average molecular weight is 273 g/mol. The Morgan fingerprint density at radius 2 is 2.05 bits per heavy atom. The highest BCUT2D eigenvalue weighted by atomic mass is 16.5. The topological polar surface area (TPSA) is 64.5 Å². The van der Waals surface area contributed by atoms with Gasteiger partial charge in [0.2, 0.25) is 0 Å². The maximum atomic E-state index is 5.95. The molecule has 1 aromatic carbocycles. The Balaban J connectivity index is 1.55. The van der Waals surface area contributed by atoms with Crippen LogP contribution in [0, 0.1) is 0 Å². The van der Waals surface area contributed by atoms with Crippen molar-refractivity contribution in [3.8, 4) is 0 Å². The van der Waals surface area contributed by atoms with Gasteiger partial charge in [-0.2, -0.15) is 4.98 Å². The van der Waals surface area contributed by atoms with Gasteiger partial charge in [0.15, 0.2) is 5.58 Å². The van der Waals surface area contributed by atoms with Gasteiger partial charge in [-0.25, -0.2) is 0 Å². The number of piperidine rings is 1. The fraction of sp³-hybridized carbons (Fsp3) is 0.533. The molecule has 1 aromatic heterocycles. The minimum atomic E-state index is 0.132. The number of hydrogen-bond donors (Lipinski definition) is 1. The fourth-order valence-corrected chi connectivity index (χ4v) is 3.32. The van der Waals surface area contributed by atoms with Gasteiger partial charge < -0.3 is 19.8 Å². The summed E-state index contributed by atoms with van der Waals surface area (Å²) >= 11 is 0. The second-order valence-electron chi connectivity index (χ2n) is 5.85. The number of nitrogens with two attached hydrogens (primary N) is 1. The van der Waals surface area contributed by atoms with Crippen LogP contribution in [0.3, 0.4) is 0 Å². The van der Waals surface area contributed by atoms with Crippen molar-refractivity contribution in [3.05, 3.63) is 18.2 Å². The molecule has 2 aliphatic rings. The van der Waals surface area contributed by atoms with Gasteiger partial charge in [0.05, 0.1) is 5.60 Å². The van der Waals surface area contributed by atoms with E-state index in [1.807, 2.05) is 18.2 Å². The van der Waals surface area contributed by atoms with Gasteiger partial charge in [-0.3, -0.25) is 0 Å². The van der Waals surface area contributed by atoms with E-state index in [-0.39, 0.29) is 5.60 Å². The zero-order valence-electron chi connectivity index (χ0n) is 11.5. The van der Waals surface area contributed by atoms with E-state index in [1.165, 1.54) is 12.8 Å². The Morgan fingerprint density at radius 1 is 1.20 bits per heavy atom. The zero-order chi connectivity index (χ0) is 13.6. The van der Waals surface area contributed by atoms with E-state index in [2.05, 4.69) is 9.88 Å². The van der Waals surface area contributed by atoms with E-state index in [4.69, 9.17) is 14.9 Å². The van der Waals surface area contributed by atoms with Crippen molar-refractivity contribution in [2.45, 2.75) is 31.3 Å². The summed E-state index contributed by atoms with van der Waals surface area (Å²) in [5.41, 5.74) is 8.26. The van der Waals surface area contributed by atoms with Crippen molar-refractivity contribution in [3.63, 3.8) is 0 Å². The highest BCUT2D eigenvalue weighted by Crippen LogP contribution is 2.37. The van der Waals surface area contributed by atoms with Crippen molar-refractivity contribution in [2.24, 2.45) is 0 Å². The maximum absolute atomic E-state index is 5.95. The molecule has 2 aromatic rings. The number of benzene rings is 1. The molecule has 2 N–H and O–H groups in total. The lowest BCUT2D eigenvalue weighted by atomic mass is 9.89. The Kier molecular flexibility index (Phi) is 2.63. The molecule has 3 heterocycles. The van der Waals surface area contributed by atoms with Crippen LogP contribution in [-0.4, -0.2) is 30.3 Å². The number of fused-ring (bicyclic) bond motifs is 1. The van der Waals surface area contributed by atoms with E-state index in [1.54, 1.807) is 0 Å². The number of anilines is 2. The van der Waals surface area contributed by atoms with Gasteiger partial charge in [0, 0.05) is 25.4 Å². The lowest BCUT2D eigenvalue weighted by molar-refractivity contribution is -0.0151. The molecular formula is C15H19N3O2. The first-order chi connectivity index (χ1) is 9.74. The van der Waals surface area contributed by atoms with Crippen molar-refractivity contribution >= 4 is 22.8 Å². The minimum absolute atomic E-state index is 0.132. The third-order valence-corrected chi connectivity index (χ3v) is 4.53. The molecular weight excluding hydrogens is 254 g/mol. The molecule has 5 heteroatoms. The summed E-state index contributed by atoms with van der Waals surface area (Å²) in [6, 6.07) is 6.29. The predicted molar refractivity (Wildman–Crippen MR) is 77.8 cm³/mol. The van der Waals surface area contributed by atoms with Crippen LogP contribution in [0.1, 0.15) is 25.7 Å². The van der Waals surface area contributed by atoms with Gasteiger partial charge >= 0.3 is 0 Å². The van der Waals surface area contributed by atoms with E-state index < -0.39 is 0 Å². The molecule has 2 aliphatic heterocycles. The third kappa shape index (κ3) is 1.93. The molecule has 5 nitrogen and oxygen atoms in total. The molecule has 0 saturated carbocycles. The highest BCUT2D eigenvalue weighted by Gasteiger charge is 2.39. The molecule has 106 valence electrons. The normalized spacial score (nSPS) is 21.9. The van der Waals surface area contributed by atoms with Crippen molar-refractivity contribution in [2.75, 3.05) is 30.3 Å². The number of nitrogens with zero attached hydrogens (tertiary/aromatic N) is 2. The van der Waals surface area contributed by atoms with Crippen LogP contribution < -0.4 is 10.6 Å². The summed E-state index contributed by atoms with van der Waals surface area (Å²) in [4.78, 5) is 6.76. The quantitative estimate of drug-likeness (QED) is 0.809. The van der Waals surface area contributed by atoms with Gasteiger partial charge in [0.1, 0.15) is 5.52 Å². The first-order valence-corrected chi connectivity index (χ1v) is 7.29. The number of oxazole rings is 1. The van der Waals surface area contributed by atoms with Gasteiger partial charge in [-0.15, -0.1) is 0 Å². The largest absolute Gasteiger partial charge is 0.423 e. The molecule has 0 bridgehead atoms. The SMILES string of the molecule is Nc1ccc2oc(N3CCC4(CCCO4)CC3)nc2c1. The van der Waals surface area contributed by atoms with Crippen molar-refractivity contribution in [1.82, 2.24) is 4.98 Å². The van der Waals surface area contributed by atoms with Crippen LogP contribution in [0.4, 0.5) is 11.7 Å². The second kappa shape index (κ2) is 4.38. The molecule has 4 rings (SSSR count). The molecule has 20 heavy (non-hydrogen) atoms. The Labute approximate surface area is 117 Å². The lowest BCUT2D eigenvalue weighted by Gasteiger charge is -2.37. The maximum Gasteiger partial charge on any atom is 0.298 e. The molecule has 2 fully saturated rings. The number of aromatic nitrogens is 1. The lowest BCUT2D eigenvalue weighted by Crippen LogP contribution is -2.44. The van der Waals surface area contributed by atoms with Crippen LogP contribution in [-0.2, 0) is 4.74 Å². The van der Waals surface area contributed by atoms with Crippen molar-refractivity contribution in [1.29, 1.82) is 0 Å². The molecule has 2 saturated heterocycles. The van der Waals surface area contributed by atoms with Crippen LogP contribution in [0.2, 0.25) is 0 Å². The number of nitrogen functional groups attached to an aromatic ring is 1. The second-order valence-corrected chi connectivity index (χ2v) is 5.85. The fourth-order valence-electron chi connectivity index (χ4n) is 3.32. The Hall–Kier alpha value is -1.75. The summed E-state index contributed by atoms with van der Waals surface area (Å²) in [7, 11) is 0. The zero-order valence-corrected chi connectivity index (χ0v) is 11.5. The third-order valence-electron chi connectivity index (χ3n) is 4.53. The number of rotatable bonds is 1. The average Bonchev–Trinajstić information content (AvgIpc) is 3.06. The van der Waals surface area contributed by atoms with Crippen molar-refractivity contribution < 1.29 is 9.15 Å². The molecule has 0 amide bonds. The Morgan fingerprint density at radius 3 is 2.80 bits per heavy atom. The van der Waals surface area contributed by atoms with Crippen LogP contribution >= 0.6 is 0 Å². The summed E-state index contributed by atoms with van der Waals surface area (Å²) < 4.78 is 11.8. The first-order valence-electron chi connectivity index (χ1n) is 7.29. The molecule has 1 spiro atoms. The smallest absolute Gasteiger partial charge is 0.298 e. The molecule has 0 unspecified atom stereocenters. The van der Waals surface area contributed by atoms with Gasteiger partial charge in [-0.1, -0.05) is 0 Å². The summed E-state index contributed by atoms with van der Waals surface area (Å²) in [5.74, 6) is 0. The van der Waals surface area contributed by atoms with E-state index >= 15 is 0 Å². The van der Waals surface area contributed by atoms with E-state index in [9.17, 15) is 0 Å². The van der Waals surface area contributed by atoms with Crippen LogP contribution in [0.15, 0.2) is 22.6 Å². The van der Waals surface area contributed by atoms with Crippen LogP contribution in [0.25, 0.3) is 11.1 Å². The van der Waals surface area contributed by atoms with Crippen LogP contribution in [0.5, 0.6) is 0 Å². The predicted octanol–water partition coefficient (Wildman–Crippen LogP) is 2.56. The molecule has 0 atom stereocenters. The Bertz CT molecular complexity index is 621. The standard InChI is InChI=1S/C15H19N3O2/c16-11-2-3-13-12(10-11)17-14(20-13)18-7-5-15(6-8-18)4-1-9-19-15/h2-3,10H,1,4-9,16H2.